The maximum absolute atomic E-state index is 7.19. The molecular formula is C63H58IrN4O-2. The third kappa shape index (κ3) is 8.82. The van der Waals surface area contributed by atoms with Crippen LogP contribution >= 0.6 is 0 Å². The van der Waals surface area contributed by atoms with E-state index in [4.69, 9.17) is 9.40 Å². The fourth-order valence-electron chi connectivity index (χ4n) is 9.72. The Kier molecular flexibility index (Phi) is 12.8. The van der Waals surface area contributed by atoms with Crippen LogP contribution in [0.2, 0.25) is 0 Å². The van der Waals surface area contributed by atoms with Gasteiger partial charge in [0.2, 0.25) is 0 Å². The van der Waals surface area contributed by atoms with E-state index in [1.807, 2.05) is 42.6 Å². The second kappa shape index (κ2) is 18.6. The first-order valence-electron chi connectivity index (χ1n) is 23.9. The standard InChI is InChI=1S/C49H43N2O.C14H15N2.Ir/c1-29(2)38-27-34(31-16-9-8-10-17-31)28-39(30(3)4)45(38)51-42-23-14-13-22-41(42)50-48(51)37-21-15-20-36-40-26-33-25-24-32-18-11-12-19-35(32)43(33)44(49(5,6)7)47(40)52-46(36)37;1-14(2,3)12-9-10-15-13(16-12)11-7-5-4-6-8-11;/h8-20,22-30H,1-7H3;4-7,9-10H,1-3H3;/q2*-1;. The van der Waals surface area contributed by atoms with Gasteiger partial charge in [0.25, 0.3) is 0 Å². The summed E-state index contributed by atoms with van der Waals surface area (Å²) < 4.78 is 9.58. The normalized spacial score (nSPS) is 12.1. The zero-order valence-corrected chi connectivity index (χ0v) is 43.6. The summed E-state index contributed by atoms with van der Waals surface area (Å²) >= 11 is 0. The summed E-state index contributed by atoms with van der Waals surface area (Å²) in [6.45, 7) is 22.5. The van der Waals surface area contributed by atoms with Crippen LogP contribution in [0.15, 0.2) is 162 Å². The molecule has 8 aromatic carbocycles. The van der Waals surface area contributed by atoms with Crippen LogP contribution in [-0.2, 0) is 30.9 Å². The molecule has 0 N–H and O–H groups in total. The first-order valence-corrected chi connectivity index (χ1v) is 23.9. The van der Waals surface area contributed by atoms with Crippen LogP contribution in [-0.4, -0.2) is 19.5 Å². The third-order valence-electron chi connectivity index (χ3n) is 13.1. The Morgan fingerprint density at radius 1 is 0.565 bits per heavy atom. The van der Waals surface area contributed by atoms with Crippen LogP contribution in [0.25, 0.3) is 94.1 Å². The van der Waals surface area contributed by atoms with Crippen molar-refractivity contribution in [3.05, 3.63) is 192 Å². The van der Waals surface area contributed by atoms with E-state index >= 15 is 0 Å². The van der Waals surface area contributed by atoms with Crippen molar-refractivity contribution >= 4 is 54.5 Å². The van der Waals surface area contributed by atoms with E-state index in [2.05, 4.69) is 211 Å². The number of benzene rings is 8. The molecule has 347 valence electrons. The maximum atomic E-state index is 7.19. The molecule has 0 spiro atoms. The average molecular weight is 1080 g/mol. The van der Waals surface area contributed by atoms with Gasteiger partial charge in [-0.1, -0.05) is 159 Å². The minimum absolute atomic E-state index is 0. The van der Waals surface area contributed by atoms with Crippen LogP contribution in [0.1, 0.15) is 103 Å². The number of nitrogens with zero attached hydrogens (tertiary/aromatic N) is 4. The molecule has 0 atom stereocenters. The number of fused-ring (bicyclic) bond motifs is 7. The van der Waals surface area contributed by atoms with Crippen molar-refractivity contribution in [2.24, 2.45) is 0 Å². The van der Waals surface area contributed by atoms with Gasteiger partial charge in [-0.25, -0.2) is 0 Å². The van der Waals surface area contributed by atoms with Crippen molar-refractivity contribution in [1.82, 2.24) is 19.5 Å². The predicted molar refractivity (Wildman–Crippen MR) is 285 cm³/mol. The second-order valence-corrected chi connectivity index (χ2v) is 20.7. The van der Waals surface area contributed by atoms with Gasteiger partial charge < -0.3 is 8.98 Å². The summed E-state index contributed by atoms with van der Waals surface area (Å²) in [5.74, 6) is 2.13. The molecule has 0 bridgehead atoms. The summed E-state index contributed by atoms with van der Waals surface area (Å²) in [4.78, 5) is 14.3. The molecule has 69 heavy (non-hydrogen) atoms. The predicted octanol–water partition coefficient (Wildman–Crippen LogP) is 17.1. The van der Waals surface area contributed by atoms with Gasteiger partial charge in [0.1, 0.15) is 5.58 Å². The van der Waals surface area contributed by atoms with Gasteiger partial charge in [-0.15, -0.1) is 54.1 Å². The van der Waals surface area contributed by atoms with Crippen molar-refractivity contribution in [1.29, 1.82) is 0 Å². The number of aromatic nitrogens is 4. The Morgan fingerprint density at radius 2 is 1.25 bits per heavy atom. The van der Waals surface area contributed by atoms with Crippen LogP contribution in [0.3, 0.4) is 0 Å². The largest absolute Gasteiger partial charge is 0.500 e. The number of hydrogen-bond donors (Lipinski definition) is 0. The van der Waals surface area contributed by atoms with Crippen LogP contribution in [0.5, 0.6) is 0 Å². The van der Waals surface area contributed by atoms with E-state index in [9.17, 15) is 0 Å². The topological polar surface area (TPSA) is 56.7 Å². The summed E-state index contributed by atoms with van der Waals surface area (Å²) in [5, 5.41) is 7.17. The fourth-order valence-corrected chi connectivity index (χ4v) is 9.72. The molecule has 0 saturated heterocycles. The van der Waals surface area contributed by atoms with Crippen molar-refractivity contribution in [3.8, 4) is 39.6 Å². The van der Waals surface area contributed by atoms with Gasteiger partial charge >= 0.3 is 0 Å². The van der Waals surface area contributed by atoms with E-state index < -0.39 is 0 Å². The molecule has 11 aromatic rings. The number of imidazole rings is 1. The van der Waals surface area contributed by atoms with Gasteiger partial charge in [0, 0.05) is 54.0 Å². The second-order valence-electron chi connectivity index (χ2n) is 20.7. The summed E-state index contributed by atoms with van der Waals surface area (Å²) in [6.07, 6.45) is 1.81. The van der Waals surface area contributed by atoms with E-state index in [1.165, 1.54) is 55.0 Å². The Labute approximate surface area is 420 Å². The van der Waals surface area contributed by atoms with Crippen molar-refractivity contribution in [2.75, 3.05) is 0 Å². The molecule has 5 nitrogen and oxygen atoms in total. The zero-order valence-electron chi connectivity index (χ0n) is 41.2. The molecule has 0 aliphatic heterocycles. The number of hydrogen-bond acceptors (Lipinski definition) is 4. The van der Waals surface area contributed by atoms with Gasteiger partial charge in [0.05, 0.1) is 28.3 Å². The Bertz CT molecular complexity index is 3620. The molecule has 0 fully saturated rings. The summed E-state index contributed by atoms with van der Waals surface area (Å²) in [5.41, 5.74) is 14.0. The first kappa shape index (κ1) is 47.3. The van der Waals surface area contributed by atoms with Crippen molar-refractivity contribution in [2.45, 2.75) is 91.9 Å². The smallest absolute Gasteiger partial charge is 0.125 e. The van der Waals surface area contributed by atoms with Crippen LogP contribution in [0.4, 0.5) is 0 Å². The number of furan rings is 1. The number of para-hydroxylation sites is 2. The third-order valence-corrected chi connectivity index (χ3v) is 13.1. The zero-order chi connectivity index (χ0) is 47.5. The molecule has 0 aliphatic rings. The molecule has 3 heterocycles. The van der Waals surface area contributed by atoms with E-state index in [0.717, 1.165) is 61.4 Å². The van der Waals surface area contributed by atoms with Crippen LogP contribution in [0, 0.1) is 12.1 Å². The van der Waals surface area contributed by atoms with E-state index in [-0.39, 0.29) is 42.8 Å². The average Bonchev–Trinajstić information content (AvgIpc) is 3.91. The molecular weight excluding hydrogens is 1020 g/mol. The monoisotopic (exact) mass is 1080 g/mol. The molecule has 0 saturated carbocycles. The molecule has 6 heteroatoms. The van der Waals surface area contributed by atoms with E-state index in [1.54, 1.807) is 0 Å². The molecule has 11 rings (SSSR count). The van der Waals surface area contributed by atoms with Gasteiger partial charge in [-0.05, 0) is 97.4 Å². The minimum atomic E-state index is -0.175. The minimum Gasteiger partial charge on any atom is -0.500 e. The quantitative estimate of drug-likeness (QED) is 0.123. The number of rotatable bonds is 6. The van der Waals surface area contributed by atoms with Gasteiger partial charge in [-0.3, -0.25) is 15.0 Å². The molecule has 0 unspecified atom stereocenters. The fraction of sp³-hybridized carbons (Fsp3) is 0.222. The van der Waals surface area contributed by atoms with Crippen molar-refractivity contribution < 1.29 is 24.5 Å². The maximum Gasteiger partial charge on any atom is 0.125 e. The Hall–Kier alpha value is -6.72. The summed E-state index contributed by atoms with van der Waals surface area (Å²) in [6, 6.07) is 60.2. The molecule has 3 aromatic heterocycles. The summed E-state index contributed by atoms with van der Waals surface area (Å²) in [7, 11) is 0. The van der Waals surface area contributed by atoms with Gasteiger partial charge in [-0.2, -0.15) is 0 Å². The Balaban J connectivity index is 0.000000296. The van der Waals surface area contributed by atoms with Gasteiger partial charge in [0.15, 0.2) is 0 Å². The molecule has 0 amide bonds. The Morgan fingerprint density at radius 3 is 1.94 bits per heavy atom. The van der Waals surface area contributed by atoms with Crippen LogP contribution < -0.4 is 0 Å². The molecule has 1 radical (unpaired) electrons. The molecule has 0 aliphatic carbocycles. The van der Waals surface area contributed by atoms with Crippen molar-refractivity contribution in [3.63, 3.8) is 0 Å². The first-order chi connectivity index (χ1) is 32.7. The van der Waals surface area contributed by atoms with E-state index in [0.29, 0.717) is 0 Å². The SMILES string of the molecule is CC(C)(C)c1ccnc(-c2[c-]cccc2)n1.CC(C)c1cc(-c2ccccc2)cc(C(C)C)c1-n1c(-c2[c-]ccc3c2oc2c(C(C)(C)C)c4c(ccc5ccccc54)cc23)nc2ccccc21.[Ir].